The Labute approximate surface area is 70.9 Å². The van der Waals surface area contributed by atoms with Crippen LogP contribution in [0, 0.1) is 0 Å². The van der Waals surface area contributed by atoms with Gasteiger partial charge in [0.1, 0.15) is 0 Å². The molecule has 11 heavy (non-hydrogen) atoms. The molecule has 0 aliphatic carbocycles. The average Bonchev–Trinajstić information content (AvgIpc) is 2.42. The molecular formula is C9H22O2. The fourth-order valence-electron chi connectivity index (χ4n) is 0.585. The van der Waals surface area contributed by atoms with E-state index in [0.29, 0.717) is 0 Å². The van der Waals surface area contributed by atoms with E-state index in [1.165, 1.54) is 0 Å². The number of hydrogen-bond donors (Lipinski definition) is 0. The van der Waals surface area contributed by atoms with Gasteiger partial charge in [-0.2, -0.15) is 0 Å². The summed E-state index contributed by atoms with van der Waals surface area (Å²) >= 11 is 0. The Morgan fingerprint density at radius 2 is 1.00 bits per heavy atom. The lowest BCUT2D eigenvalue weighted by molar-refractivity contribution is 0.103. The zero-order chi connectivity index (χ0) is 8.95. The van der Waals surface area contributed by atoms with Crippen molar-refractivity contribution in [2.45, 2.75) is 34.1 Å². The standard InChI is InChI=1S/C5H10O2.2C2H6/c1-2-6-4-5-7-3-1;2*1-2/h1-5H2;2*1-2H3. The van der Waals surface area contributed by atoms with Gasteiger partial charge < -0.3 is 9.47 Å². The maximum absolute atomic E-state index is 5.07. The van der Waals surface area contributed by atoms with E-state index in [1.54, 1.807) is 0 Å². The normalized spacial score (nSPS) is 16.4. The molecule has 1 rings (SSSR count). The van der Waals surface area contributed by atoms with Gasteiger partial charge in [0, 0.05) is 13.2 Å². The molecule has 2 nitrogen and oxygen atoms in total. The molecule has 1 aliphatic heterocycles. The molecule has 2 heteroatoms. The van der Waals surface area contributed by atoms with E-state index in [2.05, 4.69) is 0 Å². The maximum atomic E-state index is 5.07. The number of rotatable bonds is 0. The Hall–Kier alpha value is -0.0800. The van der Waals surface area contributed by atoms with E-state index in [4.69, 9.17) is 9.47 Å². The Morgan fingerprint density at radius 3 is 1.36 bits per heavy atom. The van der Waals surface area contributed by atoms with Gasteiger partial charge in [0.05, 0.1) is 13.2 Å². The molecule has 1 fully saturated rings. The van der Waals surface area contributed by atoms with Gasteiger partial charge in [-0.3, -0.25) is 0 Å². The third kappa shape index (κ3) is 13.0. The predicted molar refractivity (Wildman–Crippen MR) is 49.0 cm³/mol. The topological polar surface area (TPSA) is 18.5 Å². The quantitative estimate of drug-likeness (QED) is 0.545. The van der Waals surface area contributed by atoms with Gasteiger partial charge in [-0.1, -0.05) is 27.7 Å². The summed E-state index contributed by atoms with van der Waals surface area (Å²) in [4.78, 5) is 0. The highest BCUT2D eigenvalue weighted by Crippen LogP contribution is 1.90. The summed E-state index contributed by atoms with van der Waals surface area (Å²) in [5.74, 6) is 0. The highest BCUT2D eigenvalue weighted by Gasteiger charge is 1.94. The number of ether oxygens (including phenoxy) is 2. The lowest BCUT2D eigenvalue weighted by atomic mass is 10.5. The molecule has 1 aliphatic rings. The Kier molecular flexibility index (Phi) is 20.2. The van der Waals surface area contributed by atoms with Crippen molar-refractivity contribution in [1.82, 2.24) is 0 Å². The van der Waals surface area contributed by atoms with Crippen LogP contribution in [0.5, 0.6) is 0 Å². The maximum Gasteiger partial charge on any atom is 0.0700 e. The van der Waals surface area contributed by atoms with Crippen molar-refractivity contribution >= 4 is 0 Å². The lowest BCUT2D eigenvalue weighted by Crippen LogP contribution is -1.96. The molecule has 0 aromatic heterocycles. The third-order valence-electron chi connectivity index (χ3n) is 0.949. The van der Waals surface area contributed by atoms with Crippen LogP contribution in [0.15, 0.2) is 0 Å². The average molecular weight is 162 g/mol. The second kappa shape index (κ2) is 16.5. The van der Waals surface area contributed by atoms with Gasteiger partial charge in [0.25, 0.3) is 0 Å². The first-order chi connectivity index (χ1) is 5.50. The molecule has 0 aromatic rings. The van der Waals surface area contributed by atoms with E-state index in [0.717, 1.165) is 32.8 Å². The van der Waals surface area contributed by atoms with E-state index >= 15 is 0 Å². The van der Waals surface area contributed by atoms with Crippen molar-refractivity contribution in [2.75, 3.05) is 26.4 Å². The highest BCUT2D eigenvalue weighted by molar-refractivity contribution is 4.39. The first kappa shape index (κ1) is 13.5. The molecule has 1 heterocycles. The van der Waals surface area contributed by atoms with Crippen LogP contribution in [0.1, 0.15) is 34.1 Å². The van der Waals surface area contributed by atoms with Crippen molar-refractivity contribution in [1.29, 1.82) is 0 Å². The first-order valence-electron chi connectivity index (χ1n) is 4.65. The summed E-state index contributed by atoms with van der Waals surface area (Å²) in [6, 6.07) is 0. The Bertz CT molecular complexity index is 27.2. The number of hydrogen-bond acceptors (Lipinski definition) is 2. The lowest BCUT2D eigenvalue weighted by Gasteiger charge is -1.91. The summed E-state index contributed by atoms with van der Waals surface area (Å²) in [5.41, 5.74) is 0. The van der Waals surface area contributed by atoms with Crippen LogP contribution in [-0.2, 0) is 9.47 Å². The zero-order valence-electron chi connectivity index (χ0n) is 8.35. The fourth-order valence-corrected chi connectivity index (χ4v) is 0.585. The molecule has 0 radical (unpaired) electrons. The molecule has 0 unspecified atom stereocenters. The predicted octanol–water partition coefficient (Wildman–Crippen LogP) is 2.48. The molecule has 0 N–H and O–H groups in total. The molecule has 0 aromatic carbocycles. The summed E-state index contributed by atoms with van der Waals surface area (Å²) < 4.78 is 10.1. The van der Waals surface area contributed by atoms with Crippen LogP contribution >= 0.6 is 0 Å². The van der Waals surface area contributed by atoms with Crippen LogP contribution in [0.4, 0.5) is 0 Å². The minimum Gasteiger partial charge on any atom is -0.379 e. The van der Waals surface area contributed by atoms with Crippen molar-refractivity contribution in [3.05, 3.63) is 0 Å². The molecule has 0 bridgehead atoms. The summed E-state index contributed by atoms with van der Waals surface area (Å²) in [5, 5.41) is 0. The molecule has 0 spiro atoms. The second-order valence-electron chi connectivity index (χ2n) is 1.58. The molecule has 70 valence electrons. The fraction of sp³-hybridized carbons (Fsp3) is 1.00. The van der Waals surface area contributed by atoms with Crippen LogP contribution in [0.3, 0.4) is 0 Å². The zero-order valence-corrected chi connectivity index (χ0v) is 8.35. The monoisotopic (exact) mass is 162 g/mol. The van der Waals surface area contributed by atoms with Crippen LogP contribution < -0.4 is 0 Å². The summed E-state index contributed by atoms with van der Waals surface area (Å²) in [6.07, 6.45) is 1.06. The third-order valence-corrected chi connectivity index (χ3v) is 0.949. The van der Waals surface area contributed by atoms with Crippen LogP contribution in [0.25, 0.3) is 0 Å². The van der Waals surface area contributed by atoms with E-state index in [-0.39, 0.29) is 0 Å². The van der Waals surface area contributed by atoms with E-state index in [1.807, 2.05) is 27.7 Å². The summed E-state index contributed by atoms with van der Waals surface area (Å²) in [6.45, 7) is 11.3. The van der Waals surface area contributed by atoms with E-state index in [9.17, 15) is 0 Å². The molecule has 1 saturated heterocycles. The van der Waals surface area contributed by atoms with Gasteiger partial charge in [-0.15, -0.1) is 0 Å². The van der Waals surface area contributed by atoms with E-state index < -0.39 is 0 Å². The smallest absolute Gasteiger partial charge is 0.0700 e. The van der Waals surface area contributed by atoms with Crippen molar-refractivity contribution in [3.63, 3.8) is 0 Å². The van der Waals surface area contributed by atoms with Crippen molar-refractivity contribution in [2.24, 2.45) is 0 Å². The van der Waals surface area contributed by atoms with Crippen LogP contribution in [-0.4, -0.2) is 26.4 Å². The van der Waals surface area contributed by atoms with Gasteiger partial charge in [0.15, 0.2) is 0 Å². The molecule has 0 atom stereocenters. The first-order valence-corrected chi connectivity index (χ1v) is 4.65. The van der Waals surface area contributed by atoms with Gasteiger partial charge in [-0.25, -0.2) is 0 Å². The largest absolute Gasteiger partial charge is 0.379 e. The molecule has 0 amide bonds. The molecular weight excluding hydrogens is 140 g/mol. The Balaban J connectivity index is 0. The van der Waals surface area contributed by atoms with Gasteiger partial charge in [-0.05, 0) is 6.42 Å². The van der Waals surface area contributed by atoms with Crippen LogP contribution in [0.2, 0.25) is 0 Å². The SMILES string of the molecule is C1COCCOC1.CC.CC. The van der Waals surface area contributed by atoms with Gasteiger partial charge >= 0.3 is 0 Å². The second-order valence-corrected chi connectivity index (χ2v) is 1.58. The van der Waals surface area contributed by atoms with Crippen molar-refractivity contribution < 1.29 is 9.47 Å². The van der Waals surface area contributed by atoms with Crippen molar-refractivity contribution in [3.8, 4) is 0 Å². The minimum absolute atomic E-state index is 0.778. The summed E-state index contributed by atoms with van der Waals surface area (Å²) in [7, 11) is 0. The molecule has 0 saturated carbocycles. The van der Waals surface area contributed by atoms with Gasteiger partial charge in [0.2, 0.25) is 0 Å². The Morgan fingerprint density at radius 1 is 0.636 bits per heavy atom. The highest BCUT2D eigenvalue weighted by atomic mass is 16.5. The minimum atomic E-state index is 0.778.